The molecule has 4 rings (SSSR count). The highest BCUT2D eigenvalue weighted by Crippen LogP contribution is 2.36. The maximum atomic E-state index is 13.5. The van der Waals surface area contributed by atoms with Gasteiger partial charge in [-0.2, -0.15) is 9.78 Å². The largest absolute Gasteiger partial charge is 0.476 e. The van der Waals surface area contributed by atoms with Crippen LogP contribution >= 0.6 is 11.3 Å². The van der Waals surface area contributed by atoms with Crippen LogP contribution in [-0.2, 0) is 10.0 Å². The zero-order valence-electron chi connectivity index (χ0n) is 22.7. The average Bonchev–Trinajstić information content (AvgIpc) is 3.55. The molecule has 0 aliphatic heterocycles. The van der Waals surface area contributed by atoms with Gasteiger partial charge in [0.15, 0.2) is 5.69 Å². The number of benzene rings is 2. The van der Waals surface area contributed by atoms with Crippen molar-refractivity contribution in [2.24, 2.45) is 0 Å². The summed E-state index contributed by atoms with van der Waals surface area (Å²) in [5.74, 6) is -1.63. The summed E-state index contributed by atoms with van der Waals surface area (Å²) in [6, 6.07) is 12.9. The van der Waals surface area contributed by atoms with Gasteiger partial charge < -0.3 is 15.2 Å². The number of rotatable bonds is 10. The van der Waals surface area contributed by atoms with Crippen molar-refractivity contribution >= 4 is 38.9 Å². The number of ether oxygens (including phenoxy) is 1. The van der Waals surface area contributed by atoms with Gasteiger partial charge in [0.25, 0.3) is 5.91 Å². The molecule has 0 unspecified atom stereocenters. The van der Waals surface area contributed by atoms with E-state index in [-0.39, 0.29) is 45.4 Å². The van der Waals surface area contributed by atoms with Gasteiger partial charge in [0.1, 0.15) is 10.6 Å². The SMILES string of the molecule is CC[C@H](C)NS(=O)(=O)c1cc(NC(=O)c2cccs2)ccc1Oc1c(C)c(C(=O)O)nn1-c1cc(C)ccc1C. The molecule has 2 heterocycles. The van der Waals surface area contributed by atoms with E-state index in [1.807, 2.05) is 39.0 Å². The zero-order chi connectivity index (χ0) is 29.2. The van der Waals surface area contributed by atoms with Crippen molar-refractivity contribution in [3.05, 3.63) is 81.2 Å². The molecule has 1 atom stereocenters. The van der Waals surface area contributed by atoms with Gasteiger partial charge in [-0.05, 0) is 81.0 Å². The summed E-state index contributed by atoms with van der Waals surface area (Å²) in [6.45, 7) is 8.88. The topological polar surface area (TPSA) is 140 Å². The third-order valence-corrected chi connectivity index (χ3v) is 8.75. The van der Waals surface area contributed by atoms with Crippen molar-refractivity contribution in [2.75, 3.05) is 5.32 Å². The van der Waals surface area contributed by atoms with Crippen molar-refractivity contribution in [1.29, 1.82) is 0 Å². The molecule has 10 nitrogen and oxygen atoms in total. The molecule has 2 aromatic carbocycles. The monoisotopic (exact) mass is 582 g/mol. The van der Waals surface area contributed by atoms with E-state index in [1.165, 1.54) is 34.2 Å². The Kier molecular flexibility index (Phi) is 8.43. The number of carboxylic acids is 1. The number of amides is 1. The van der Waals surface area contributed by atoms with Crippen LogP contribution in [0.5, 0.6) is 11.6 Å². The fourth-order valence-electron chi connectivity index (χ4n) is 3.91. The van der Waals surface area contributed by atoms with Crippen molar-refractivity contribution < 1.29 is 27.9 Å². The summed E-state index contributed by atoms with van der Waals surface area (Å²) >= 11 is 1.26. The Balaban J connectivity index is 1.85. The quantitative estimate of drug-likeness (QED) is 0.219. The molecule has 0 aliphatic carbocycles. The summed E-state index contributed by atoms with van der Waals surface area (Å²) in [7, 11) is -4.12. The van der Waals surface area contributed by atoms with Gasteiger partial charge in [0.05, 0.1) is 10.6 Å². The molecule has 0 aliphatic rings. The molecule has 1 amide bonds. The van der Waals surface area contributed by atoms with Crippen LogP contribution in [0, 0.1) is 20.8 Å². The molecule has 12 heteroatoms. The number of hydrogen-bond donors (Lipinski definition) is 3. The minimum atomic E-state index is -4.12. The lowest BCUT2D eigenvalue weighted by molar-refractivity contribution is 0.0689. The lowest BCUT2D eigenvalue weighted by atomic mass is 10.1. The molecule has 2 aromatic heterocycles. The normalized spacial score (nSPS) is 12.2. The van der Waals surface area contributed by atoms with Gasteiger partial charge in [0, 0.05) is 17.3 Å². The fourth-order valence-corrected chi connectivity index (χ4v) is 6.01. The Labute approximate surface area is 236 Å². The number of sulfonamides is 1. The molecule has 0 saturated carbocycles. The van der Waals surface area contributed by atoms with Crippen LogP contribution in [0.3, 0.4) is 0 Å². The first-order valence-electron chi connectivity index (χ1n) is 12.5. The van der Waals surface area contributed by atoms with Gasteiger partial charge in [0.2, 0.25) is 15.9 Å². The van der Waals surface area contributed by atoms with Crippen LogP contribution in [0.25, 0.3) is 5.69 Å². The number of nitrogens with one attached hydrogen (secondary N) is 2. The van der Waals surface area contributed by atoms with E-state index < -0.39 is 16.0 Å². The van der Waals surface area contributed by atoms with Crippen molar-refractivity contribution in [1.82, 2.24) is 14.5 Å². The van der Waals surface area contributed by atoms with Gasteiger partial charge in [-0.3, -0.25) is 4.79 Å². The summed E-state index contributed by atoms with van der Waals surface area (Å²) < 4.78 is 37.2. The third kappa shape index (κ3) is 6.09. The van der Waals surface area contributed by atoms with E-state index >= 15 is 0 Å². The fraction of sp³-hybridized carbons (Fsp3) is 0.250. The van der Waals surface area contributed by atoms with Gasteiger partial charge >= 0.3 is 5.97 Å². The van der Waals surface area contributed by atoms with E-state index in [4.69, 9.17) is 4.74 Å². The van der Waals surface area contributed by atoms with E-state index in [0.717, 1.165) is 11.1 Å². The lowest BCUT2D eigenvalue weighted by Crippen LogP contribution is -2.32. The number of nitrogens with zero attached hydrogens (tertiary/aromatic N) is 2. The van der Waals surface area contributed by atoms with Gasteiger partial charge in [-0.15, -0.1) is 11.3 Å². The molecule has 0 bridgehead atoms. The molecule has 210 valence electrons. The Morgan fingerprint density at radius 3 is 2.52 bits per heavy atom. The van der Waals surface area contributed by atoms with E-state index in [2.05, 4.69) is 15.1 Å². The summed E-state index contributed by atoms with van der Waals surface area (Å²) in [5.41, 5.74) is 2.57. The number of aromatic carboxylic acids is 1. The van der Waals surface area contributed by atoms with Crippen LogP contribution in [-0.4, -0.2) is 41.2 Å². The van der Waals surface area contributed by atoms with Crippen molar-refractivity contribution in [2.45, 2.75) is 52.0 Å². The molecule has 4 aromatic rings. The summed E-state index contributed by atoms with van der Waals surface area (Å²) in [4.78, 5) is 24.9. The summed E-state index contributed by atoms with van der Waals surface area (Å²) in [5, 5.41) is 18.6. The maximum absolute atomic E-state index is 13.5. The molecule has 0 spiro atoms. The number of carboxylic acid groups (broad SMARTS) is 1. The number of carbonyl (C=O) groups excluding carboxylic acids is 1. The molecule has 3 N–H and O–H groups in total. The van der Waals surface area contributed by atoms with E-state index in [9.17, 15) is 23.1 Å². The van der Waals surface area contributed by atoms with Gasteiger partial charge in [-0.1, -0.05) is 25.1 Å². The Bertz CT molecular complexity index is 1680. The predicted octanol–water partition coefficient (Wildman–Crippen LogP) is 5.68. The Hall–Kier alpha value is -4.00. The molecular weight excluding hydrogens is 552 g/mol. The average molecular weight is 583 g/mol. The number of anilines is 1. The van der Waals surface area contributed by atoms with Crippen molar-refractivity contribution in [3.8, 4) is 17.3 Å². The first-order valence-corrected chi connectivity index (χ1v) is 14.9. The third-order valence-electron chi connectivity index (χ3n) is 6.28. The minimum absolute atomic E-state index is 0.0569. The first-order chi connectivity index (χ1) is 18.9. The maximum Gasteiger partial charge on any atom is 0.356 e. The van der Waals surface area contributed by atoms with Crippen molar-refractivity contribution in [3.63, 3.8) is 0 Å². The highest BCUT2D eigenvalue weighted by molar-refractivity contribution is 7.89. The molecule has 40 heavy (non-hydrogen) atoms. The number of carbonyl (C=O) groups is 2. The second-order valence-corrected chi connectivity index (χ2v) is 12.0. The molecular formula is C28H30N4O6S2. The van der Waals surface area contributed by atoms with Gasteiger partial charge in [-0.25, -0.2) is 17.9 Å². The van der Waals surface area contributed by atoms with E-state index in [0.29, 0.717) is 17.0 Å². The van der Waals surface area contributed by atoms with E-state index in [1.54, 1.807) is 31.4 Å². The summed E-state index contributed by atoms with van der Waals surface area (Å²) in [6.07, 6.45) is 0.546. The smallest absolute Gasteiger partial charge is 0.356 e. The second-order valence-electron chi connectivity index (χ2n) is 9.41. The number of aromatic nitrogens is 2. The lowest BCUT2D eigenvalue weighted by Gasteiger charge is -2.18. The highest BCUT2D eigenvalue weighted by atomic mass is 32.2. The minimum Gasteiger partial charge on any atom is -0.476 e. The Morgan fingerprint density at radius 2 is 1.88 bits per heavy atom. The number of hydrogen-bond acceptors (Lipinski definition) is 7. The number of aryl methyl sites for hydroxylation is 2. The van der Waals surface area contributed by atoms with Crippen LogP contribution in [0.2, 0.25) is 0 Å². The highest BCUT2D eigenvalue weighted by Gasteiger charge is 2.27. The standard InChI is InChI=1S/C28H30N4O6S2/c1-6-18(4)31-40(36,37)24-15-20(29-26(33)23-8-7-13-39-23)11-12-22(24)38-27-19(5)25(28(34)35)30-32(27)21-14-16(2)9-10-17(21)3/h7-15,18,31H,6H2,1-5H3,(H,29,33)(H,34,35)/t18-/m0/s1. The van der Waals surface area contributed by atoms with Crippen LogP contribution in [0.4, 0.5) is 5.69 Å². The predicted molar refractivity (Wildman–Crippen MR) is 154 cm³/mol. The van der Waals surface area contributed by atoms with Crippen LogP contribution in [0.1, 0.15) is 57.1 Å². The number of thiophene rings is 1. The molecule has 0 radical (unpaired) electrons. The second kappa shape index (κ2) is 11.6. The first kappa shape index (κ1) is 29.0. The van der Waals surface area contributed by atoms with Crippen LogP contribution < -0.4 is 14.8 Å². The zero-order valence-corrected chi connectivity index (χ0v) is 24.3. The molecule has 0 fully saturated rings. The Morgan fingerprint density at radius 1 is 1.12 bits per heavy atom. The van der Waals surface area contributed by atoms with Crippen LogP contribution in [0.15, 0.2) is 58.8 Å². The molecule has 0 saturated heterocycles.